The molecule has 0 spiro atoms. The second-order valence-electron chi connectivity index (χ2n) is 7.75. The van der Waals surface area contributed by atoms with Crippen LogP contribution in [-0.2, 0) is 4.79 Å². The first kappa shape index (κ1) is 18.1. The van der Waals surface area contributed by atoms with Gasteiger partial charge < -0.3 is 9.88 Å². The molecule has 1 amide bonds. The van der Waals surface area contributed by atoms with E-state index < -0.39 is 11.6 Å². The summed E-state index contributed by atoms with van der Waals surface area (Å²) < 4.78 is 26.6. The number of nitrogens with one attached hydrogen (secondary N) is 1. The van der Waals surface area contributed by atoms with E-state index in [1.165, 1.54) is 25.3 Å². The first-order chi connectivity index (χ1) is 13.1. The lowest BCUT2D eigenvalue weighted by atomic mass is 9.87. The first-order valence-corrected chi connectivity index (χ1v) is 9.91. The fourth-order valence-electron chi connectivity index (χ4n) is 4.34. The molecule has 2 fully saturated rings. The van der Waals surface area contributed by atoms with Gasteiger partial charge in [-0.05, 0) is 43.9 Å². The molecule has 144 valence electrons. The molecule has 6 heteroatoms. The van der Waals surface area contributed by atoms with Crippen LogP contribution in [0.5, 0.6) is 0 Å². The Morgan fingerprint density at radius 2 is 1.78 bits per heavy atom. The van der Waals surface area contributed by atoms with Gasteiger partial charge in [-0.2, -0.15) is 0 Å². The molecule has 2 aromatic rings. The van der Waals surface area contributed by atoms with Gasteiger partial charge >= 0.3 is 0 Å². The number of H-pyrrole nitrogens is 1. The van der Waals surface area contributed by atoms with E-state index in [0.717, 1.165) is 50.7 Å². The van der Waals surface area contributed by atoms with Crippen molar-refractivity contribution >= 4 is 5.91 Å². The molecule has 27 heavy (non-hydrogen) atoms. The Labute approximate surface area is 158 Å². The fraction of sp³-hybridized carbons (Fsp3) is 0.524. The number of piperidine rings is 1. The molecule has 4 nitrogen and oxygen atoms in total. The van der Waals surface area contributed by atoms with Crippen LogP contribution < -0.4 is 0 Å². The Kier molecular flexibility index (Phi) is 5.23. The quantitative estimate of drug-likeness (QED) is 0.852. The van der Waals surface area contributed by atoms with Gasteiger partial charge in [0.1, 0.15) is 5.82 Å². The zero-order chi connectivity index (χ0) is 18.8. The molecule has 1 saturated heterocycles. The Morgan fingerprint density at radius 3 is 2.48 bits per heavy atom. The highest BCUT2D eigenvalue weighted by Gasteiger charge is 2.30. The maximum atomic E-state index is 13.5. The number of hydrogen-bond acceptors (Lipinski definition) is 2. The second kappa shape index (κ2) is 7.79. The minimum Gasteiger partial charge on any atom is -0.342 e. The number of halogens is 2. The van der Waals surface area contributed by atoms with Crippen molar-refractivity contribution in [2.24, 2.45) is 5.92 Å². The van der Waals surface area contributed by atoms with E-state index in [0.29, 0.717) is 17.2 Å². The smallest absolute Gasteiger partial charge is 0.225 e. The number of carbonyl (C=O) groups excluding carboxylic acids is 1. The van der Waals surface area contributed by atoms with Crippen LogP contribution in [0.2, 0.25) is 0 Å². The summed E-state index contributed by atoms with van der Waals surface area (Å²) in [7, 11) is 0. The summed E-state index contributed by atoms with van der Waals surface area (Å²) in [6.07, 6.45) is 9.10. The molecule has 0 atom stereocenters. The molecule has 1 aliphatic heterocycles. The van der Waals surface area contributed by atoms with Crippen molar-refractivity contribution in [3.05, 3.63) is 41.9 Å². The predicted molar refractivity (Wildman–Crippen MR) is 99.1 cm³/mol. The van der Waals surface area contributed by atoms with Crippen molar-refractivity contribution in [1.82, 2.24) is 14.9 Å². The highest BCUT2D eigenvalue weighted by molar-refractivity contribution is 5.79. The van der Waals surface area contributed by atoms with Crippen LogP contribution in [-0.4, -0.2) is 33.9 Å². The van der Waals surface area contributed by atoms with Crippen LogP contribution in [0.25, 0.3) is 11.3 Å². The lowest BCUT2D eigenvalue weighted by Crippen LogP contribution is -2.42. The number of carbonyl (C=O) groups is 1. The minimum absolute atomic E-state index is 0.221. The maximum Gasteiger partial charge on any atom is 0.225 e. The zero-order valence-electron chi connectivity index (χ0n) is 15.4. The molecule has 1 aromatic heterocycles. The summed E-state index contributed by atoms with van der Waals surface area (Å²) in [6.45, 7) is 1.53. The van der Waals surface area contributed by atoms with Gasteiger partial charge in [0.2, 0.25) is 5.91 Å². The van der Waals surface area contributed by atoms with Crippen molar-refractivity contribution in [1.29, 1.82) is 0 Å². The Balaban J connectivity index is 1.38. The van der Waals surface area contributed by atoms with E-state index in [1.54, 1.807) is 12.3 Å². The molecule has 0 radical (unpaired) electrons. The van der Waals surface area contributed by atoms with Crippen LogP contribution >= 0.6 is 0 Å². The van der Waals surface area contributed by atoms with Crippen molar-refractivity contribution in [3.63, 3.8) is 0 Å². The van der Waals surface area contributed by atoms with Gasteiger partial charge in [0.15, 0.2) is 11.6 Å². The average molecular weight is 373 g/mol. The third-order valence-corrected chi connectivity index (χ3v) is 5.97. The molecule has 1 aliphatic carbocycles. The number of rotatable bonds is 3. The summed E-state index contributed by atoms with van der Waals surface area (Å²) in [5.74, 6) is -0.0421. The van der Waals surface area contributed by atoms with Crippen LogP contribution in [0.4, 0.5) is 8.78 Å². The Morgan fingerprint density at radius 1 is 1.04 bits per heavy atom. The van der Waals surface area contributed by atoms with Gasteiger partial charge in [0.25, 0.3) is 0 Å². The van der Waals surface area contributed by atoms with E-state index in [1.807, 2.05) is 4.90 Å². The molecule has 1 N–H and O–H groups in total. The molecule has 0 bridgehead atoms. The largest absolute Gasteiger partial charge is 0.342 e. The van der Waals surface area contributed by atoms with E-state index in [-0.39, 0.29) is 11.8 Å². The maximum absolute atomic E-state index is 13.5. The van der Waals surface area contributed by atoms with Crippen LogP contribution in [0.1, 0.15) is 56.7 Å². The number of nitrogens with zero attached hydrogens (tertiary/aromatic N) is 2. The minimum atomic E-state index is -0.863. The lowest BCUT2D eigenvalue weighted by Gasteiger charge is -2.34. The molecular formula is C21H25F2N3O. The predicted octanol–water partition coefficient (Wildman–Crippen LogP) is 4.64. The molecule has 2 aliphatic rings. The number of likely N-dealkylation sites (tertiary alicyclic amines) is 1. The third kappa shape index (κ3) is 3.89. The van der Waals surface area contributed by atoms with Crippen molar-refractivity contribution in [2.45, 2.75) is 50.9 Å². The fourth-order valence-corrected chi connectivity index (χ4v) is 4.34. The molecule has 4 rings (SSSR count). The summed E-state index contributed by atoms with van der Waals surface area (Å²) >= 11 is 0. The van der Waals surface area contributed by atoms with Crippen LogP contribution in [0, 0.1) is 17.6 Å². The number of aromatic nitrogens is 2. The normalized spacial score (nSPS) is 19.4. The van der Waals surface area contributed by atoms with Gasteiger partial charge in [0.05, 0.1) is 11.9 Å². The summed E-state index contributed by atoms with van der Waals surface area (Å²) in [6, 6.07) is 3.85. The molecular weight excluding hydrogens is 348 g/mol. The highest BCUT2D eigenvalue weighted by Crippen LogP contribution is 2.31. The first-order valence-electron chi connectivity index (χ1n) is 9.91. The van der Waals surface area contributed by atoms with E-state index in [4.69, 9.17) is 0 Å². The molecule has 1 aromatic carbocycles. The highest BCUT2D eigenvalue weighted by atomic mass is 19.2. The van der Waals surface area contributed by atoms with Crippen LogP contribution in [0.15, 0.2) is 24.4 Å². The Hall–Kier alpha value is -2.24. The average Bonchev–Trinajstić information content (AvgIpc) is 3.20. The SMILES string of the molecule is O=C(C1CCCCC1)N1CCC(c2ncc(-c3ccc(F)c(F)c3)[nH]2)CC1. The van der Waals surface area contributed by atoms with Gasteiger partial charge in [0, 0.05) is 30.5 Å². The lowest BCUT2D eigenvalue weighted by molar-refractivity contribution is -0.137. The number of imidazole rings is 1. The Bertz CT molecular complexity index is 806. The number of aromatic amines is 1. The van der Waals surface area contributed by atoms with Crippen molar-refractivity contribution < 1.29 is 13.6 Å². The standard InChI is InChI=1S/C21H25F2N3O/c22-17-7-6-16(12-18(17)23)19-13-24-20(25-19)14-8-10-26(11-9-14)21(27)15-4-2-1-3-5-15/h6-7,12-15H,1-5,8-11H2,(H,24,25). The number of hydrogen-bond donors (Lipinski definition) is 1. The van der Waals surface area contributed by atoms with E-state index in [2.05, 4.69) is 9.97 Å². The summed E-state index contributed by atoms with van der Waals surface area (Å²) in [5.41, 5.74) is 1.27. The van der Waals surface area contributed by atoms with Gasteiger partial charge in [-0.3, -0.25) is 4.79 Å². The summed E-state index contributed by atoms with van der Waals surface area (Å²) in [5, 5.41) is 0. The van der Waals surface area contributed by atoms with Gasteiger partial charge in [-0.15, -0.1) is 0 Å². The van der Waals surface area contributed by atoms with Crippen LogP contribution in [0.3, 0.4) is 0 Å². The molecule has 0 unspecified atom stereocenters. The zero-order valence-corrected chi connectivity index (χ0v) is 15.4. The monoisotopic (exact) mass is 373 g/mol. The topological polar surface area (TPSA) is 49.0 Å². The molecule has 1 saturated carbocycles. The third-order valence-electron chi connectivity index (χ3n) is 5.97. The molecule has 2 heterocycles. The number of benzene rings is 1. The van der Waals surface area contributed by atoms with E-state index >= 15 is 0 Å². The van der Waals surface area contributed by atoms with E-state index in [9.17, 15) is 13.6 Å². The number of amides is 1. The van der Waals surface area contributed by atoms with Gasteiger partial charge in [-0.25, -0.2) is 13.8 Å². The van der Waals surface area contributed by atoms with Crippen molar-refractivity contribution in [3.8, 4) is 11.3 Å². The second-order valence-corrected chi connectivity index (χ2v) is 7.75. The van der Waals surface area contributed by atoms with Crippen molar-refractivity contribution in [2.75, 3.05) is 13.1 Å². The summed E-state index contributed by atoms with van der Waals surface area (Å²) in [4.78, 5) is 22.4. The van der Waals surface area contributed by atoms with Gasteiger partial charge in [-0.1, -0.05) is 19.3 Å².